The van der Waals surface area contributed by atoms with Crippen molar-refractivity contribution >= 4 is 17.2 Å². The number of carbonyl (C=O) groups is 1. The number of piperazine rings is 1. The van der Waals surface area contributed by atoms with E-state index in [2.05, 4.69) is 45.6 Å². The molecule has 1 fully saturated rings. The first-order chi connectivity index (χ1) is 9.29. The van der Waals surface area contributed by atoms with Crippen LogP contribution in [0, 0.1) is 0 Å². The Morgan fingerprint density at radius 3 is 2.20 bits per heavy atom. The van der Waals surface area contributed by atoms with E-state index >= 15 is 0 Å². The van der Waals surface area contributed by atoms with Crippen LogP contribution in [0.2, 0.25) is 0 Å². The lowest BCUT2D eigenvalue weighted by Crippen LogP contribution is -2.50. The number of hydrogen-bond acceptors (Lipinski definition) is 3. The average molecular weight is 294 g/mol. The highest BCUT2D eigenvalue weighted by Crippen LogP contribution is 2.30. The lowest BCUT2D eigenvalue weighted by molar-refractivity contribution is 0.0600. The molecule has 112 valence electrons. The van der Waals surface area contributed by atoms with Crippen LogP contribution in [0.25, 0.3) is 0 Å². The summed E-state index contributed by atoms with van der Waals surface area (Å²) in [7, 11) is 0. The van der Waals surface area contributed by atoms with Gasteiger partial charge in [0, 0.05) is 37.1 Å². The number of carbonyl (C=O) groups excluding carboxylic acids is 1. The van der Waals surface area contributed by atoms with Crippen LogP contribution in [0.4, 0.5) is 0 Å². The first-order valence-electron chi connectivity index (χ1n) is 7.42. The summed E-state index contributed by atoms with van der Waals surface area (Å²) in [5, 5.41) is 0. The van der Waals surface area contributed by atoms with Gasteiger partial charge in [0.25, 0.3) is 5.91 Å². The average Bonchev–Trinajstić information content (AvgIpc) is 2.87. The number of rotatable bonds is 2. The zero-order chi connectivity index (χ0) is 14.9. The Hall–Kier alpha value is -0.870. The van der Waals surface area contributed by atoms with Gasteiger partial charge in [-0.3, -0.25) is 9.69 Å². The molecule has 1 amide bonds. The molecule has 1 saturated heterocycles. The molecule has 0 saturated carbocycles. The van der Waals surface area contributed by atoms with Crippen LogP contribution < -0.4 is 0 Å². The van der Waals surface area contributed by atoms with Crippen molar-refractivity contribution in [1.82, 2.24) is 9.80 Å². The summed E-state index contributed by atoms with van der Waals surface area (Å²) >= 11 is 1.64. The fraction of sp³-hybridized carbons (Fsp3) is 0.688. The van der Waals surface area contributed by atoms with Gasteiger partial charge in [-0.25, -0.2) is 0 Å². The van der Waals surface area contributed by atoms with E-state index < -0.39 is 0 Å². The first-order valence-corrected chi connectivity index (χ1v) is 8.24. The minimum atomic E-state index is 0.125. The van der Waals surface area contributed by atoms with Gasteiger partial charge in [0.2, 0.25) is 0 Å². The lowest BCUT2D eigenvalue weighted by atomic mass is 9.95. The summed E-state index contributed by atoms with van der Waals surface area (Å²) in [4.78, 5) is 19.1. The maximum Gasteiger partial charge on any atom is 0.264 e. The summed E-state index contributed by atoms with van der Waals surface area (Å²) in [6.07, 6.45) is 0. The number of nitrogens with zero attached hydrogens (tertiary/aromatic N) is 2. The second kappa shape index (κ2) is 5.86. The van der Waals surface area contributed by atoms with Crippen molar-refractivity contribution in [1.29, 1.82) is 0 Å². The predicted octanol–water partition coefficient (Wildman–Crippen LogP) is 3.21. The minimum absolute atomic E-state index is 0.125. The summed E-state index contributed by atoms with van der Waals surface area (Å²) < 4.78 is 0. The molecule has 0 radical (unpaired) electrons. The highest BCUT2D eigenvalue weighted by atomic mass is 32.1. The summed E-state index contributed by atoms with van der Waals surface area (Å²) in [5.74, 6) is 0.203. The summed E-state index contributed by atoms with van der Waals surface area (Å²) in [5.41, 5.74) is 0.125. The number of hydrogen-bond donors (Lipinski definition) is 0. The molecule has 1 aromatic heterocycles. The molecular formula is C16H26N2OS. The van der Waals surface area contributed by atoms with E-state index in [1.54, 1.807) is 11.3 Å². The lowest BCUT2D eigenvalue weighted by Gasteiger charge is -2.36. The maximum absolute atomic E-state index is 12.5. The first kappa shape index (κ1) is 15.5. The molecule has 4 heteroatoms. The van der Waals surface area contributed by atoms with Crippen LogP contribution in [0.5, 0.6) is 0 Å². The highest BCUT2D eigenvalue weighted by molar-refractivity contribution is 7.14. The highest BCUT2D eigenvalue weighted by Gasteiger charge is 2.25. The van der Waals surface area contributed by atoms with Crippen LogP contribution >= 0.6 is 11.3 Å². The van der Waals surface area contributed by atoms with Crippen LogP contribution in [-0.2, 0) is 5.41 Å². The monoisotopic (exact) mass is 294 g/mol. The molecular weight excluding hydrogens is 268 g/mol. The van der Waals surface area contributed by atoms with E-state index in [1.165, 1.54) is 4.88 Å². The van der Waals surface area contributed by atoms with Gasteiger partial charge in [-0.1, -0.05) is 20.8 Å². The van der Waals surface area contributed by atoms with E-state index in [4.69, 9.17) is 0 Å². The van der Waals surface area contributed by atoms with Gasteiger partial charge in [0.15, 0.2) is 0 Å². The van der Waals surface area contributed by atoms with Gasteiger partial charge in [0.1, 0.15) is 0 Å². The fourth-order valence-corrected chi connectivity index (χ4v) is 3.48. The topological polar surface area (TPSA) is 23.6 Å². The zero-order valence-electron chi connectivity index (χ0n) is 13.3. The third kappa shape index (κ3) is 3.41. The van der Waals surface area contributed by atoms with Crippen molar-refractivity contribution in [2.45, 2.75) is 46.1 Å². The Bertz CT molecular complexity index is 465. The third-order valence-corrected chi connectivity index (χ3v) is 5.39. The van der Waals surface area contributed by atoms with Crippen molar-refractivity contribution in [2.24, 2.45) is 0 Å². The van der Waals surface area contributed by atoms with E-state index in [0.717, 1.165) is 31.1 Å². The van der Waals surface area contributed by atoms with Gasteiger partial charge in [0.05, 0.1) is 4.88 Å². The smallest absolute Gasteiger partial charge is 0.264 e. The summed E-state index contributed by atoms with van der Waals surface area (Å²) in [6.45, 7) is 14.7. The third-order valence-electron chi connectivity index (χ3n) is 3.89. The van der Waals surface area contributed by atoms with Crippen LogP contribution in [0.15, 0.2) is 12.1 Å². The quantitative estimate of drug-likeness (QED) is 0.836. The molecule has 2 heterocycles. The standard InChI is InChI=1S/C16H26N2OS/c1-12(2)17-8-10-18(11-9-17)15(19)13-6-7-14(20-13)16(3,4)5/h6-7,12H,8-11H2,1-5H3. The van der Waals surface area contributed by atoms with E-state index in [9.17, 15) is 4.79 Å². The van der Waals surface area contributed by atoms with Crippen molar-refractivity contribution in [3.05, 3.63) is 21.9 Å². The van der Waals surface area contributed by atoms with Crippen molar-refractivity contribution in [2.75, 3.05) is 26.2 Å². The van der Waals surface area contributed by atoms with Gasteiger partial charge in [-0.2, -0.15) is 0 Å². The minimum Gasteiger partial charge on any atom is -0.335 e. The van der Waals surface area contributed by atoms with Crippen molar-refractivity contribution < 1.29 is 4.79 Å². The van der Waals surface area contributed by atoms with Gasteiger partial charge in [-0.15, -0.1) is 11.3 Å². The Morgan fingerprint density at radius 2 is 1.75 bits per heavy atom. The Kier molecular flexibility index (Phi) is 4.55. The van der Waals surface area contributed by atoms with E-state index in [-0.39, 0.29) is 11.3 Å². The maximum atomic E-state index is 12.5. The SMILES string of the molecule is CC(C)N1CCN(C(=O)c2ccc(C(C)(C)C)s2)CC1. The van der Waals surface area contributed by atoms with Crippen molar-refractivity contribution in [3.8, 4) is 0 Å². The van der Waals surface area contributed by atoms with Crippen LogP contribution in [0.3, 0.4) is 0 Å². The molecule has 0 bridgehead atoms. The van der Waals surface area contributed by atoms with Crippen LogP contribution in [0.1, 0.15) is 49.2 Å². The molecule has 2 rings (SSSR count). The molecule has 0 N–H and O–H groups in total. The van der Waals surface area contributed by atoms with Gasteiger partial charge in [-0.05, 0) is 31.4 Å². The molecule has 0 spiro atoms. The Morgan fingerprint density at radius 1 is 1.15 bits per heavy atom. The molecule has 3 nitrogen and oxygen atoms in total. The van der Waals surface area contributed by atoms with E-state index in [1.807, 2.05) is 11.0 Å². The normalized spacial score (nSPS) is 17.8. The largest absolute Gasteiger partial charge is 0.335 e. The van der Waals surface area contributed by atoms with Crippen molar-refractivity contribution in [3.63, 3.8) is 0 Å². The van der Waals surface area contributed by atoms with Gasteiger partial charge < -0.3 is 4.90 Å². The number of amides is 1. The predicted molar refractivity (Wildman–Crippen MR) is 85.6 cm³/mol. The molecule has 20 heavy (non-hydrogen) atoms. The fourth-order valence-electron chi connectivity index (χ4n) is 2.45. The molecule has 1 aliphatic heterocycles. The molecule has 0 aromatic carbocycles. The second-order valence-corrected chi connectivity index (χ2v) is 7.92. The Balaban J connectivity index is 2.01. The molecule has 1 aliphatic rings. The second-order valence-electron chi connectivity index (χ2n) is 6.84. The summed E-state index contributed by atoms with van der Waals surface area (Å²) in [6, 6.07) is 4.66. The number of thiophene rings is 1. The molecule has 0 unspecified atom stereocenters. The van der Waals surface area contributed by atoms with E-state index in [0.29, 0.717) is 6.04 Å². The van der Waals surface area contributed by atoms with Gasteiger partial charge >= 0.3 is 0 Å². The Labute approximate surface area is 126 Å². The zero-order valence-corrected chi connectivity index (χ0v) is 14.1. The molecule has 0 aliphatic carbocycles. The molecule has 0 atom stereocenters. The molecule has 1 aromatic rings. The van der Waals surface area contributed by atoms with Crippen LogP contribution in [-0.4, -0.2) is 47.9 Å².